The van der Waals surface area contributed by atoms with Crippen LogP contribution in [0.15, 0.2) is 12.1 Å². The Labute approximate surface area is 151 Å². The number of likely N-dealkylation sites (tertiary alicyclic amines) is 1. The predicted molar refractivity (Wildman–Crippen MR) is 91.1 cm³/mol. The number of benzene rings is 1. The van der Waals surface area contributed by atoms with E-state index < -0.39 is 11.4 Å². The smallest absolute Gasteiger partial charge is 0.313 e. The lowest BCUT2D eigenvalue weighted by atomic mass is 9.80. The van der Waals surface area contributed by atoms with Crippen molar-refractivity contribution in [1.82, 2.24) is 4.90 Å². The van der Waals surface area contributed by atoms with E-state index in [2.05, 4.69) is 0 Å². The highest BCUT2D eigenvalue weighted by atomic mass is 16.6. The van der Waals surface area contributed by atoms with Gasteiger partial charge in [0.2, 0.25) is 5.75 Å². The van der Waals surface area contributed by atoms with Crippen molar-refractivity contribution in [1.29, 1.82) is 0 Å². The van der Waals surface area contributed by atoms with E-state index in [-0.39, 0.29) is 19.1 Å². The number of piperidine rings is 1. The molecule has 1 aromatic rings. The summed E-state index contributed by atoms with van der Waals surface area (Å²) < 4.78 is 21.6. The van der Waals surface area contributed by atoms with Crippen molar-refractivity contribution in [3.8, 4) is 17.2 Å². The van der Waals surface area contributed by atoms with E-state index in [0.717, 1.165) is 0 Å². The van der Waals surface area contributed by atoms with Crippen LogP contribution in [-0.4, -0.2) is 69.0 Å². The van der Waals surface area contributed by atoms with Crippen molar-refractivity contribution >= 4 is 11.9 Å². The summed E-state index contributed by atoms with van der Waals surface area (Å²) in [5.74, 6) is 0.146. The first kappa shape index (κ1) is 18.3. The van der Waals surface area contributed by atoms with Crippen molar-refractivity contribution in [2.24, 2.45) is 5.41 Å². The Bertz CT molecular complexity index is 684. The molecule has 2 heterocycles. The predicted octanol–water partition coefficient (Wildman–Crippen LogP) is 1.42. The summed E-state index contributed by atoms with van der Waals surface area (Å²) >= 11 is 0. The van der Waals surface area contributed by atoms with Crippen molar-refractivity contribution in [3.63, 3.8) is 0 Å². The zero-order valence-corrected chi connectivity index (χ0v) is 14.9. The van der Waals surface area contributed by atoms with Crippen LogP contribution in [0.25, 0.3) is 0 Å². The van der Waals surface area contributed by atoms with Crippen LogP contribution < -0.4 is 14.2 Å². The van der Waals surface area contributed by atoms with E-state index in [1.54, 1.807) is 17.0 Å². The number of methoxy groups -OCH3 is 2. The molecule has 142 valence electrons. The number of aliphatic carboxylic acids is 1. The molecule has 1 unspecified atom stereocenters. The number of carbonyl (C=O) groups excluding carboxylic acids is 1. The summed E-state index contributed by atoms with van der Waals surface area (Å²) in [5, 5.41) is 9.66. The number of carboxylic acids is 1. The number of nitrogens with zero attached hydrogens (tertiary/aromatic N) is 1. The van der Waals surface area contributed by atoms with Crippen molar-refractivity contribution < 1.29 is 33.6 Å². The fourth-order valence-corrected chi connectivity index (χ4v) is 3.51. The highest BCUT2D eigenvalue weighted by Crippen LogP contribution is 2.41. The fraction of sp³-hybridized carbons (Fsp3) is 0.556. The van der Waals surface area contributed by atoms with Crippen LogP contribution in [0.4, 0.5) is 0 Å². The quantitative estimate of drug-likeness (QED) is 0.843. The fourth-order valence-electron chi connectivity index (χ4n) is 3.51. The van der Waals surface area contributed by atoms with E-state index >= 15 is 0 Å². The van der Waals surface area contributed by atoms with Gasteiger partial charge in [0.05, 0.1) is 13.7 Å². The zero-order chi connectivity index (χ0) is 18.7. The maximum Gasteiger partial charge on any atom is 0.313 e. The first-order chi connectivity index (χ1) is 12.5. The second kappa shape index (κ2) is 7.41. The van der Waals surface area contributed by atoms with Crippen LogP contribution >= 0.6 is 0 Å². The number of fused-ring (bicyclic) bond motifs is 1. The van der Waals surface area contributed by atoms with E-state index in [0.29, 0.717) is 55.4 Å². The maximum absolute atomic E-state index is 13.0. The number of rotatable bonds is 5. The molecular weight excluding hydrogens is 342 g/mol. The molecule has 0 aromatic heterocycles. The molecule has 26 heavy (non-hydrogen) atoms. The highest BCUT2D eigenvalue weighted by Gasteiger charge is 2.44. The second-order valence-electron chi connectivity index (χ2n) is 6.55. The van der Waals surface area contributed by atoms with Crippen LogP contribution in [0.2, 0.25) is 0 Å². The minimum Gasteiger partial charge on any atom is -0.493 e. The number of hydrogen-bond donors (Lipinski definition) is 1. The molecule has 2 aliphatic heterocycles. The molecule has 3 rings (SSSR count). The summed E-state index contributed by atoms with van der Waals surface area (Å²) in [5.41, 5.74) is -0.703. The van der Waals surface area contributed by atoms with E-state index in [1.807, 2.05) is 0 Å². The van der Waals surface area contributed by atoms with Gasteiger partial charge in [-0.3, -0.25) is 9.59 Å². The molecular formula is C18H23NO7. The third kappa shape index (κ3) is 3.29. The van der Waals surface area contributed by atoms with Crippen LogP contribution in [0, 0.1) is 5.41 Å². The molecule has 1 saturated heterocycles. The maximum atomic E-state index is 13.0. The minimum atomic E-state index is -1.08. The molecule has 0 radical (unpaired) electrons. The average molecular weight is 365 g/mol. The summed E-state index contributed by atoms with van der Waals surface area (Å²) in [6.45, 7) is 1.48. The summed E-state index contributed by atoms with van der Waals surface area (Å²) in [6.07, 6.45) is 1.08. The summed E-state index contributed by atoms with van der Waals surface area (Å²) in [7, 11) is 2.97. The standard InChI is InChI=1S/C18H23NO7/c1-23-11-18(17(21)22)4-3-5-19(10-18)16(20)12-8-13(24-2)15-14(9-12)25-6-7-26-15/h8-9H,3-7,10-11H2,1-2H3,(H,21,22). The molecule has 0 bridgehead atoms. The van der Waals surface area contributed by atoms with Crippen LogP contribution in [0.5, 0.6) is 17.2 Å². The average Bonchev–Trinajstić information content (AvgIpc) is 2.66. The van der Waals surface area contributed by atoms with Gasteiger partial charge in [-0.1, -0.05) is 0 Å². The van der Waals surface area contributed by atoms with Crippen molar-refractivity contribution in [2.75, 3.05) is 47.1 Å². The zero-order valence-electron chi connectivity index (χ0n) is 14.9. The molecule has 1 atom stereocenters. The Morgan fingerprint density at radius 1 is 1.27 bits per heavy atom. The van der Waals surface area contributed by atoms with Gasteiger partial charge in [-0.05, 0) is 25.0 Å². The minimum absolute atomic E-state index is 0.0660. The molecule has 0 aliphatic carbocycles. The SMILES string of the molecule is COCC1(C(=O)O)CCCN(C(=O)c2cc(OC)c3c(c2)OCCO3)C1. The van der Waals surface area contributed by atoms with E-state index in [9.17, 15) is 14.7 Å². The number of hydrogen-bond acceptors (Lipinski definition) is 6. The molecule has 2 aliphatic rings. The molecule has 1 amide bonds. The van der Waals surface area contributed by atoms with Gasteiger partial charge in [0.15, 0.2) is 11.5 Å². The normalized spacial score (nSPS) is 22.0. The first-order valence-electron chi connectivity index (χ1n) is 8.50. The molecule has 1 N–H and O–H groups in total. The molecule has 0 saturated carbocycles. The van der Waals surface area contributed by atoms with Gasteiger partial charge in [0.25, 0.3) is 5.91 Å². The third-order valence-electron chi connectivity index (χ3n) is 4.81. The molecule has 1 fully saturated rings. The summed E-state index contributed by atoms with van der Waals surface area (Å²) in [4.78, 5) is 26.4. The Hall–Kier alpha value is -2.48. The number of carbonyl (C=O) groups is 2. The van der Waals surface area contributed by atoms with Crippen LogP contribution in [0.1, 0.15) is 23.2 Å². The van der Waals surface area contributed by atoms with Gasteiger partial charge in [-0.25, -0.2) is 0 Å². The van der Waals surface area contributed by atoms with Gasteiger partial charge in [0.1, 0.15) is 18.6 Å². The first-order valence-corrected chi connectivity index (χ1v) is 8.50. The number of ether oxygens (including phenoxy) is 4. The lowest BCUT2D eigenvalue weighted by Crippen LogP contribution is -2.52. The second-order valence-corrected chi connectivity index (χ2v) is 6.55. The Morgan fingerprint density at radius 2 is 2.04 bits per heavy atom. The topological polar surface area (TPSA) is 94.5 Å². The van der Waals surface area contributed by atoms with E-state index in [1.165, 1.54) is 14.2 Å². The van der Waals surface area contributed by atoms with Gasteiger partial charge in [0, 0.05) is 25.8 Å². The highest BCUT2D eigenvalue weighted by molar-refractivity contribution is 5.96. The third-order valence-corrected chi connectivity index (χ3v) is 4.81. The molecule has 8 heteroatoms. The number of amides is 1. The molecule has 8 nitrogen and oxygen atoms in total. The number of carboxylic acid groups (broad SMARTS) is 1. The monoisotopic (exact) mass is 365 g/mol. The van der Waals surface area contributed by atoms with Crippen molar-refractivity contribution in [3.05, 3.63) is 17.7 Å². The van der Waals surface area contributed by atoms with Gasteiger partial charge in [-0.2, -0.15) is 0 Å². The van der Waals surface area contributed by atoms with Crippen molar-refractivity contribution in [2.45, 2.75) is 12.8 Å². The Morgan fingerprint density at radius 3 is 2.73 bits per heavy atom. The van der Waals surface area contributed by atoms with Gasteiger partial charge in [-0.15, -0.1) is 0 Å². The van der Waals surface area contributed by atoms with Crippen LogP contribution in [-0.2, 0) is 9.53 Å². The molecule has 1 aromatic carbocycles. The largest absolute Gasteiger partial charge is 0.493 e. The van der Waals surface area contributed by atoms with E-state index in [4.69, 9.17) is 18.9 Å². The van der Waals surface area contributed by atoms with Gasteiger partial charge < -0.3 is 29.0 Å². The Kier molecular flexibility index (Phi) is 5.22. The van der Waals surface area contributed by atoms with Crippen LogP contribution in [0.3, 0.4) is 0 Å². The lowest BCUT2D eigenvalue weighted by Gasteiger charge is -2.39. The Balaban J connectivity index is 1.88. The van der Waals surface area contributed by atoms with Gasteiger partial charge >= 0.3 is 5.97 Å². The molecule has 0 spiro atoms. The lowest BCUT2D eigenvalue weighted by molar-refractivity contribution is -0.155. The summed E-state index contributed by atoms with van der Waals surface area (Å²) in [6, 6.07) is 3.22.